The summed E-state index contributed by atoms with van der Waals surface area (Å²) in [7, 11) is 0. The summed E-state index contributed by atoms with van der Waals surface area (Å²) in [6.45, 7) is 1.79. The molecule has 1 fully saturated rings. The van der Waals surface area contributed by atoms with Crippen LogP contribution in [0.25, 0.3) is 10.9 Å². The van der Waals surface area contributed by atoms with E-state index in [1.165, 1.54) is 12.1 Å². The highest BCUT2D eigenvalue weighted by Crippen LogP contribution is 2.30. The Morgan fingerprint density at radius 2 is 2.23 bits per heavy atom. The number of fused-ring (bicyclic) bond motifs is 1. The maximum atomic E-state index is 13.6. The zero-order chi connectivity index (χ0) is 14.9. The summed E-state index contributed by atoms with van der Waals surface area (Å²) < 4.78 is 15.7. The minimum atomic E-state index is -0.256. The van der Waals surface area contributed by atoms with E-state index >= 15 is 0 Å². The fourth-order valence-corrected chi connectivity index (χ4v) is 3.19. The van der Waals surface area contributed by atoms with Crippen LogP contribution in [0.2, 0.25) is 0 Å². The van der Waals surface area contributed by atoms with Gasteiger partial charge in [-0.05, 0) is 31.0 Å². The van der Waals surface area contributed by atoms with Crippen LogP contribution in [0.5, 0.6) is 0 Å². The van der Waals surface area contributed by atoms with Gasteiger partial charge in [0.25, 0.3) is 0 Å². The third kappa shape index (κ3) is 2.30. The highest BCUT2D eigenvalue weighted by atomic mass is 19.1. The Morgan fingerprint density at radius 1 is 1.27 bits per heavy atom. The molecule has 1 atom stereocenters. The minimum absolute atomic E-state index is 0.256. The zero-order valence-corrected chi connectivity index (χ0v) is 12.1. The molecule has 0 radical (unpaired) electrons. The molecule has 0 saturated carbocycles. The highest BCUT2D eigenvalue weighted by Gasteiger charge is 2.27. The summed E-state index contributed by atoms with van der Waals surface area (Å²) in [6, 6.07) is 5.01. The second kappa shape index (κ2) is 5.36. The van der Waals surface area contributed by atoms with Gasteiger partial charge in [0.1, 0.15) is 18.0 Å². The molecule has 22 heavy (non-hydrogen) atoms. The standard InChI is InChI=1S/C16H16FN5/c17-12-3-4-15-14(8-12)16(20-10-19-15)22-6-1-2-13(22)9-21-7-5-18-11-21/h3-5,7-8,10-11,13H,1-2,6,9H2. The quantitative estimate of drug-likeness (QED) is 0.745. The lowest BCUT2D eigenvalue weighted by Gasteiger charge is -2.26. The second-order valence-electron chi connectivity index (χ2n) is 5.61. The van der Waals surface area contributed by atoms with Gasteiger partial charge in [-0.1, -0.05) is 0 Å². The predicted molar refractivity (Wildman–Crippen MR) is 82.1 cm³/mol. The molecule has 112 valence electrons. The van der Waals surface area contributed by atoms with Gasteiger partial charge in [0.15, 0.2) is 0 Å². The molecule has 0 N–H and O–H groups in total. The lowest BCUT2D eigenvalue weighted by Crippen LogP contribution is -2.33. The average molecular weight is 297 g/mol. The number of hydrogen-bond donors (Lipinski definition) is 0. The topological polar surface area (TPSA) is 46.8 Å². The van der Waals surface area contributed by atoms with E-state index in [1.54, 1.807) is 18.6 Å². The molecule has 1 aliphatic rings. The van der Waals surface area contributed by atoms with Crippen LogP contribution in [0.15, 0.2) is 43.2 Å². The summed E-state index contributed by atoms with van der Waals surface area (Å²) in [5, 5.41) is 0.778. The van der Waals surface area contributed by atoms with Gasteiger partial charge >= 0.3 is 0 Å². The van der Waals surface area contributed by atoms with Crippen molar-refractivity contribution in [3.8, 4) is 0 Å². The fourth-order valence-electron chi connectivity index (χ4n) is 3.19. The largest absolute Gasteiger partial charge is 0.351 e. The normalized spacial score (nSPS) is 18.2. The molecule has 1 saturated heterocycles. The number of hydrogen-bond acceptors (Lipinski definition) is 4. The average Bonchev–Trinajstić information content (AvgIpc) is 3.19. The van der Waals surface area contributed by atoms with Gasteiger partial charge in [0.2, 0.25) is 0 Å². The molecule has 1 unspecified atom stereocenters. The van der Waals surface area contributed by atoms with Crippen LogP contribution in [-0.4, -0.2) is 32.1 Å². The number of benzene rings is 1. The van der Waals surface area contributed by atoms with E-state index in [4.69, 9.17) is 0 Å². The number of halogens is 1. The molecular weight excluding hydrogens is 281 g/mol. The Morgan fingerprint density at radius 3 is 3.09 bits per heavy atom. The number of rotatable bonds is 3. The number of anilines is 1. The maximum absolute atomic E-state index is 13.6. The Hall–Kier alpha value is -2.50. The molecule has 3 heterocycles. The monoisotopic (exact) mass is 297 g/mol. The smallest absolute Gasteiger partial charge is 0.140 e. The van der Waals surface area contributed by atoms with Gasteiger partial charge in [-0.2, -0.15) is 0 Å². The summed E-state index contributed by atoms with van der Waals surface area (Å²) in [6.07, 6.45) is 9.35. The third-order valence-electron chi connectivity index (χ3n) is 4.21. The maximum Gasteiger partial charge on any atom is 0.140 e. The fraction of sp³-hybridized carbons (Fsp3) is 0.312. The molecular formula is C16H16FN5. The molecule has 3 aromatic rings. The van der Waals surface area contributed by atoms with E-state index in [1.807, 2.05) is 12.5 Å². The van der Waals surface area contributed by atoms with Crippen LogP contribution < -0.4 is 4.90 Å². The summed E-state index contributed by atoms with van der Waals surface area (Å²) >= 11 is 0. The molecule has 0 spiro atoms. The van der Waals surface area contributed by atoms with Gasteiger partial charge in [-0.25, -0.2) is 19.3 Å². The molecule has 0 amide bonds. The SMILES string of the molecule is Fc1ccc2ncnc(N3CCCC3Cn3ccnc3)c2c1. The highest BCUT2D eigenvalue weighted by molar-refractivity contribution is 5.89. The molecule has 1 aromatic carbocycles. The van der Waals surface area contributed by atoms with Crippen molar-refractivity contribution >= 4 is 16.7 Å². The Kier molecular flexibility index (Phi) is 3.21. The first kappa shape index (κ1) is 13.2. The van der Waals surface area contributed by atoms with E-state index in [0.717, 1.165) is 42.7 Å². The molecule has 1 aliphatic heterocycles. The van der Waals surface area contributed by atoms with Crippen molar-refractivity contribution in [2.24, 2.45) is 0 Å². The van der Waals surface area contributed by atoms with Crippen LogP contribution in [-0.2, 0) is 6.54 Å². The summed E-state index contributed by atoms with van der Waals surface area (Å²) in [5.41, 5.74) is 0.777. The van der Waals surface area contributed by atoms with Gasteiger partial charge < -0.3 is 9.47 Å². The van der Waals surface area contributed by atoms with Crippen LogP contribution in [0.4, 0.5) is 10.2 Å². The molecule has 5 nitrogen and oxygen atoms in total. The first-order valence-corrected chi connectivity index (χ1v) is 7.44. The zero-order valence-electron chi connectivity index (χ0n) is 12.1. The van der Waals surface area contributed by atoms with E-state index in [9.17, 15) is 4.39 Å². The van der Waals surface area contributed by atoms with Crippen molar-refractivity contribution < 1.29 is 4.39 Å². The summed E-state index contributed by atoms with van der Waals surface area (Å²) in [4.78, 5) is 15.0. The number of nitrogens with zero attached hydrogens (tertiary/aromatic N) is 5. The molecule has 0 bridgehead atoms. The molecule has 0 aliphatic carbocycles. The third-order valence-corrected chi connectivity index (χ3v) is 4.21. The predicted octanol–water partition coefficient (Wildman–Crippen LogP) is 2.63. The van der Waals surface area contributed by atoms with E-state index in [0.29, 0.717) is 6.04 Å². The van der Waals surface area contributed by atoms with Gasteiger partial charge in [-0.3, -0.25) is 0 Å². The van der Waals surface area contributed by atoms with Crippen molar-refractivity contribution in [3.05, 3.63) is 49.1 Å². The van der Waals surface area contributed by atoms with E-state index in [2.05, 4.69) is 24.4 Å². The Bertz CT molecular complexity index is 786. The van der Waals surface area contributed by atoms with Crippen LogP contribution in [0.1, 0.15) is 12.8 Å². The van der Waals surface area contributed by atoms with Crippen molar-refractivity contribution in [2.75, 3.05) is 11.4 Å². The lowest BCUT2D eigenvalue weighted by atomic mass is 10.2. The Balaban J connectivity index is 1.72. The van der Waals surface area contributed by atoms with Gasteiger partial charge in [-0.15, -0.1) is 0 Å². The van der Waals surface area contributed by atoms with E-state index < -0.39 is 0 Å². The van der Waals surface area contributed by atoms with Crippen molar-refractivity contribution in [3.63, 3.8) is 0 Å². The first-order chi connectivity index (χ1) is 10.8. The molecule has 2 aromatic heterocycles. The minimum Gasteiger partial charge on any atom is -0.351 e. The van der Waals surface area contributed by atoms with Crippen LogP contribution in [0, 0.1) is 5.82 Å². The van der Waals surface area contributed by atoms with Crippen LogP contribution in [0.3, 0.4) is 0 Å². The van der Waals surface area contributed by atoms with Gasteiger partial charge in [0, 0.05) is 36.9 Å². The number of aromatic nitrogens is 4. The van der Waals surface area contributed by atoms with Crippen molar-refractivity contribution in [1.82, 2.24) is 19.5 Å². The van der Waals surface area contributed by atoms with Gasteiger partial charge in [0.05, 0.1) is 11.8 Å². The van der Waals surface area contributed by atoms with Crippen molar-refractivity contribution in [1.29, 1.82) is 0 Å². The molecule has 6 heteroatoms. The van der Waals surface area contributed by atoms with Crippen molar-refractivity contribution in [2.45, 2.75) is 25.4 Å². The first-order valence-electron chi connectivity index (χ1n) is 7.44. The second-order valence-corrected chi connectivity index (χ2v) is 5.61. The molecule has 4 rings (SSSR count). The van der Waals surface area contributed by atoms with E-state index in [-0.39, 0.29) is 5.82 Å². The van der Waals surface area contributed by atoms with Crippen LogP contribution >= 0.6 is 0 Å². The lowest BCUT2D eigenvalue weighted by molar-refractivity contribution is 0.548. The number of imidazole rings is 1. The summed E-state index contributed by atoms with van der Waals surface area (Å²) in [5.74, 6) is 0.570. The Labute approximate surface area is 127 Å².